The van der Waals surface area contributed by atoms with Crippen molar-refractivity contribution in [2.24, 2.45) is 0 Å². The van der Waals surface area contributed by atoms with Crippen LogP contribution in [-0.2, 0) is 12.3 Å². The summed E-state index contributed by atoms with van der Waals surface area (Å²) in [7, 11) is 0. The number of aromatic nitrogens is 5. The molecule has 0 aliphatic carbocycles. The molecule has 0 saturated heterocycles. The number of thiazole rings is 1. The van der Waals surface area contributed by atoms with Gasteiger partial charge < -0.3 is 4.57 Å². The maximum absolute atomic E-state index is 4.73. The van der Waals surface area contributed by atoms with Gasteiger partial charge in [0.15, 0.2) is 11.0 Å². The van der Waals surface area contributed by atoms with Crippen molar-refractivity contribution in [3.63, 3.8) is 0 Å². The second-order valence-corrected chi connectivity index (χ2v) is 7.81. The molecule has 0 fully saturated rings. The Kier molecular flexibility index (Phi) is 4.91. The number of hydrogen-bond donors (Lipinski definition) is 0. The molecule has 0 bridgehead atoms. The van der Waals surface area contributed by atoms with Crippen LogP contribution in [0.5, 0.6) is 0 Å². The summed E-state index contributed by atoms with van der Waals surface area (Å²) in [6.07, 6.45) is 3.55. The number of thioether (sulfide) groups is 1. The predicted octanol–water partition coefficient (Wildman–Crippen LogP) is 4.84. The molecule has 0 spiro atoms. The van der Waals surface area contributed by atoms with E-state index in [-0.39, 0.29) is 0 Å². The van der Waals surface area contributed by atoms with Crippen LogP contribution in [-0.4, -0.2) is 24.7 Å². The summed E-state index contributed by atoms with van der Waals surface area (Å²) in [6.45, 7) is 2.93. The van der Waals surface area contributed by atoms with Crippen molar-refractivity contribution >= 4 is 34.4 Å². The lowest BCUT2D eigenvalue weighted by Crippen LogP contribution is -2.00. The van der Waals surface area contributed by atoms with Crippen LogP contribution in [0.4, 0.5) is 0 Å². The normalized spacial score (nSPS) is 11.1. The van der Waals surface area contributed by atoms with Crippen LogP contribution in [0.15, 0.2) is 51.9 Å². The molecule has 25 heavy (non-hydrogen) atoms. The molecule has 4 aromatic heterocycles. The van der Waals surface area contributed by atoms with Gasteiger partial charge in [-0.3, -0.25) is 4.98 Å². The van der Waals surface area contributed by atoms with Crippen molar-refractivity contribution in [2.75, 3.05) is 0 Å². The Morgan fingerprint density at radius 2 is 1.96 bits per heavy atom. The van der Waals surface area contributed by atoms with E-state index in [0.29, 0.717) is 0 Å². The Balaban J connectivity index is 1.51. The first-order valence-corrected chi connectivity index (χ1v) is 10.6. The lowest BCUT2D eigenvalue weighted by molar-refractivity contribution is 0.687. The summed E-state index contributed by atoms with van der Waals surface area (Å²) in [5.41, 5.74) is 3.31. The second-order valence-electron chi connectivity index (χ2n) is 5.23. The second kappa shape index (κ2) is 7.47. The summed E-state index contributed by atoms with van der Waals surface area (Å²) in [5.74, 6) is 1.67. The van der Waals surface area contributed by atoms with Crippen molar-refractivity contribution in [2.45, 2.75) is 24.4 Å². The molecule has 0 atom stereocenters. The van der Waals surface area contributed by atoms with Crippen molar-refractivity contribution in [3.05, 3.63) is 52.4 Å². The molecule has 0 amide bonds. The van der Waals surface area contributed by atoms with Gasteiger partial charge >= 0.3 is 0 Å². The van der Waals surface area contributed by atoms with E-state index in [2.05, 4.69) is 48.9 Å². The third-order valence-corrected chi connectivity index (χ3v) is 6.26. The monoisotopic (exact) mass is 385 g/mol. The molecule has 0 saturated carbocycles. The Morgan fingerprint density at radius 3 is 2.72 bits per heavy atom. The van der Waals surface area contributed by atoms with E-state index >= 15 is 0 Å². The van der Waals surface area contributed by atoms with Gasteiger partial charge in [0.05, 0.1) is 5.69 Å². The minimum Gasteiger partial charge on any atom is -0.302 e. The van der Waals surface area contributed by atoms with Crippen LogP contribution >= 0.6 is 34.4 Å². The van der Waals surface area contributed by atoms with Gasteiger partial charge in [-0.05, 0) is 30.5 Å². The maximum atomic E-state index is 4.73. The fourth-order valence-electron chi connectivity index (χ4n) is 2.43. The summed E-state index contributed by atoms with van der Waals surface area (Å²) in [6, 6.07) is 6.02. The Hall–Kier alpha value is -2.03. The predicted molar refractivity (Wildman–Crippen MR) is 104 cm³/mol. The maximum Gasteiger partial charge on any atom is 0.191 e. The van der Waals surface area contributed by atoms with E-state index < -0.39 is 0 Å². The van der Waals surface area contributed by atoms with Gasteiger partial charge in [-0.25, -0.2) is 4.98 Å². The van der Waals surface area contributed by atoms with Crippen LogP contribution in [0.1, 0.15) is 12.6 Å². The third-order valence-electron chi connectivity index (χ3n) is 3.64. The van der Waals surface area contributed by atoms with Gasteiger partial charge in [-0.15, -0.1) is 21.5 Å². The number of pyridine rings is 1. The number of rotatable bonds is 6. The Labute approximate surface area is 157 Å². The average molecular weight is 386 g/mol. The van der Waals surface area contributed by atoms with Crippen molar-refractivity contribution in [1.29, 1.82) is 0 Å². The number of thiophene rings is 1. The standard InChI is InChI=1S/C17H15N5S3/c1-2-22-15(12-3-6-18-7-4-12)20-21-17(22)25-11-14-10-24-16(19-14)13-5-8-23-9-13/h3-10H,2,11H2,1H3. The first kappa shape index (κ1) is 16.4. The zero-order valence-electron chi connectivity index (χ0n) is 13.5. The van der Waals surface area contributed by atoms with E-state index in [1.54, 1.807) is 46.8 Å². The summed E-state index contributed by atoms with van der Waals surface area (Å²) >= 11 is 5.05. The van der Waals surface area contributed by atoms with Gasteiger partial charge in [-0.1, -0.05) is 11.8 Å². The molecular weight excluding hydrogens is 370 g/mol. The molecule has 8 heteroatoms. The van der Waals surface area contributed by atoms with E-state index in [1.165, 1.54) is 5.56 Å². The average Bonchev–Trinajstić information content (AvgIpc) is 3.39. The molecule has 4 rings (SSSR count). The zero-order valence-corrected chi connectivity index (χ0v) is 15.9. The molecule has 126 valence electrons. The van der Waals surface area contributed by atoms with Crippen molar-refractivity contribution in [1.82, 2.24) is 24.7 Å². The molecule has 0 aromatic carbocycles. The Morgan fingerprint density at radius 1 is 1.08 bits per heavy atom. The van der Waals surface area contributed by atoms with Gasteiger partial charge in [0, 0.05) is 46.6 Å². The topological polar surface area (TPSA) is 56.5 Å². The van der Waals surface area contributed by atoms with Gasteiger partial charge in [0.2, 0.25) is 0 Å². The molecule has 0 aliphatic rings. The lowest BCUT2D eigenvalue weighted by atomic mass is 10.2. The molecule has 5 nitrogen and oxygen atoms in total. The minimum absolute atomic E-state index is 0.787. The van der Waals surface area contributed by atoms with Crippen LogP contribution in [0.2, 0.25) is 0 Å². The molecule has 0 aliphatic heterocycles. The zero-order chi connectivity index (χ0) is 17.1. The van der Waals surface area contributed by atoms with Gasteiger partial charge in [0.1, 0.15) is 5.01 Å². The number of hydrogen-bond acceptors (Lipinski definition) is 7. The summed E-state index contributed by atoms with van der Waals surface area (Å²) in [5, 5.41) is 17.1. The van der Waals surface area contributed by atoms with Crippen LogP contribution < -0.4 is 0 Å². The van der Waals surface area contributed by atoms with Crippen LogP contribution in [0.25, 0.3) is 22.0 Å². The molecule has 0 radical (unpaired) electrons. The van der Waals surface area contributed by atoms with E-state index in [4.69, 9.17) is 4.98 Å². The molecular formula is C17H15N5S3. The van der Waals surface area contributed by atoms with E-state index in [1.807, 2.05) is 12.1 Å². The van der Waals surface area contributed by atoms with E-state index in [0.717, 1.165) is 39.5 Å². The third kappa shape index (κ3) is 3.51. The smallest absolute Gasteiger partial charge is 0.191 e. The SMILES string of the molecule is CCn1c(SCc2csc(-c3ccsc3)n2)nnc1-c1ccncc1. The van der Waals surface area contributed by atoms with Crippen LogP contribution in [0, 0.1) is 0 Å². The highest BCUT2D eigenvalue weighted by atomic mass is 32.2. The molecule has 4 heterocycles. The quantitative estimate of drug-likeness (QED) is 0.445. The summed E-state index contributed by atoms with van der Waals surface area (Å²) < 4.78 is 2.13. The van der Waals surface area contributed by atoms with Gasteiger partial charge in [-0.2, -0.15) is 11.3 Å². The first-order valence-electron chi connectivity index (χ1n) is 7.78. The minimum atomic E-state index is 0.787. The molecule has 0 N–H and O–H groups in total. The van der Waals surface area contributed by atoms with E-state index in [9.17, 15) is 0 Å². The highest BCUT2D eigenvalue weighted by Gasteiger charge is 2.14. The molecule has 4 aromatic rings. The Bertz CT molecular complexity index is 944. The highest BCUT2D eigenvalue weighted by Crippen LogP contribution is 2.30. The van der Waals surface area contributed by atoms with Crippen molar-refractivity contribution in [3.8, 4) is 22.0 Å². The highest BCUT2D eigenvalue weighted by molar-refractivity contribution is 7.98. The number of nitrogens with zero attached hydrogens (tertiary/aromatic N) is 5. The lowest BCUT2D eigenvalue weighted by Gasteiger charge is -2.06. The van der Waals surface area contributed by atoms with Crippen molar-refractivity contribution < 1.29 is 0 Å². The molecule has 0 unspecified atom stereocenters. The summed E-state index contributed by atoms with van der Waals surface area (Å²) in [4.78, 5) is 8.79. The fourth-order valence-corrected chi connectivity index (χ4v) is 4.96. The first-order chi connectivity index (χ1) is 12.3. The fraction of sp³-hybridized carbons (Fsp3) is 0.176. The largest absolute Gasteiger partial charge is 0.302 e. The van der Waals surface area contributed by atoms with Crippen LogP contribution in [0.3, 0.4) is 0 Å². The van der Waals surface area contributed by atoms with Gasteiger partial charge in [0.25, 0.3) is 0 Å².